The Kier molecular flexibility index (Phi) is 3.13. The monoisotopic (exact) mass is 220 g/mol. The predicted molar refractivity (Wildman–Crippen MR) is 57.7 cm³/mol. The van der Waals surface area contributed by atoms with Crippen LogP contribution in [0.5, 0.6) is 0 Å². The van der Waals surface area contributed by atoms with Crippen LogP contribution >= 0.6 is 0 Å². The molecule has 84 valence electrons. The van der Waals surface area contributed by atoms with Gasteiger partial charge in [-0.05, 0) is 25.0 Å². The van der Waals surface area contributed by atoms with E-state index in [9.17, 15) is 14.0 Å². The van der Waals surface area contributed by atoms with E-state index >= 15 is 0 Å². The summed E-state index contributed by atoms with van der Waals surface area (Å²) in [7, 11) is 0. The molecule has 0 aliphatic heterocycles. The molecule has 1 aromatic carbocycles. The van der Waals surface area contributed by atoms with Gasteiger partial charge in [0.05, 0.1) is 0 Å². The molecule has 1 saturated carbocycles. The fourth-order valence-electron chi connectivity index (χ4n) is 2.08. The van der Waals surface area contributed by atoms with E-state index in [0.717, 1.165) is 0 Å². The quantitative estimate of drug-likeness (QED) is 0.718. The summed E-state index contributed by atoms with van der Waals surface area (Å²) in [6, 6.07) is 5.75. The first-order chi connectivity index (χ1) is 7.66. The second kappa shape index (κ2) is 4.56. The van der Waals surface area contributed by atoms with Gasteiger partial charge in [-0.1, -0.05) is 12.1 Å². The Morgan fingerprint density at radius 2 is 1.94 bits per heavy atom. The van der Waals surface area contributed by atoms with Crippen LogP contribution in [0.15, 0.2) is 24.3 Å². The predicted octanol–water partition coefficient (Wildman–Crippen LogP) is 2.77. The summed E-state index contributed by atoms with van der Waals surface area (Å²) in [5, 5.41) is 0. The normalized spacial score (nSPS) is 17.4. The minimum atomic E-state index is -0.391. The van der Waals surface area contributed by atoms with Crippen LogP contribution in [0.3, 0.4) is 0 Å². The molecule has 0 aromatic heterocycles. The van der Waals surface area contributed by atoms with E-state index in [4.69, 9.17) is 0 Å². The number of Topliss-reactive ketones (excluding diaryl/α,β-unsaturated/α-hetero) is 2. The van der Waals surface area contributed by atoms with Gasteiger partial charge < -0.3 is 0 Å². The van der Waals surface area contributed by atoms with Gasteiger partial charge in [0, 0.05) is 24.3 Å². The van der Waals surface area contributed by atoms with E-state index in [1.54, 1.807) is 6.07 Å². The van der Waals surface area contributed by atoms with Gasteiger partial charge in [0.25, 0.3) is 0 Å². The van der Waals surface area contributed by atoms with Crippen molar-refractivity contribution >= 4 is 11.6 Å². The zero-order valence-corrected chi connectivity index (χ0v) is 8.91. The van der Waals surface area contributed by atoms with Crippen molar-refractivity contribution in [1.82, 2.24) is 0 Å². The third kappa shape index (κ3) is 2.35. The maximum absolute atomic E-state index is 13.0. The first-order valence-electron chi connectivity index (χ1n) is 5.48. The topological polar surface area (TPSA) is 34.1 Å². The van der Waals surface area contributed by atoms with E-state index in [-0.39, 0.29) is 17.5 Å². The fourth-order valence-corrected chi connectivity index (χ4v) is 2.08. The lowest BCUT2D eigenvalue weighted by Gasteiger charge is -2.19. The Morgan fingerprint density at radius 3 is 2.56 bits per heavy atom. The highest BCUT2D eigenvalue weighted by Crippen LogP contribution is 2.25. The lowest BCUT2D eigenvalue weighted by Crippen LogP contribution is -2.21. The summed E-state index contributed by atoms with van der Waals surface area (Å²) in [6.07, 6.45) is 2.17. The van der Waals surface area contributed by atoms with Crippen LogP contribution in [0.4, 0.5) is 4.39 Å². The number of hydrogen-bond acceptors (Lipinski definition) is 2. The third-order valence-electron chi connectivity index (χ3n) is 3.02. The molecule has 0 spiro atoms. The SMILES string of the molecule is O=C1CCC(C(=O)c2cccc(F)c2)CC1. The smallest absolute Gasteiger partial charge is 0.166 e. The molecule has 2 nitrogen and oxygen atoms in total. The standard InChI is InChI=1S/C13H13FO2/c14-11-3-1-2-10(8-11)13(16)9-4-6-12(15)7-5-9/h1-3,8-9H,4-7H2. The molecular formula is C13H13FO2. The maximum atomic E-state index is 13.0. The number of hydrogen-bond donors (Lipinski definition) is 0. The van der Waals surface area contributed by atoms with Crippen molar-refractivity contribution in [3.05, 3.63) is 35.6 Å². The Balaban J connectivity index is 2.10. The second-order valence-corrected chi connectivity index (χ2v) is 4.19. The van der Waals surface area contributed by atoms with Gasteiger partial charge in [-0.15, -0.1) is 0 Å². The Morgan fingerprint density at radius 1 is 1.25 bits per heavy atom. The highest BCUT2D eigenvalue weighted by atomic mass is 19.1. The molecule has 3 heteroatoms. The highest BCUT2D eigenvalue weighted by Gasteiger charge is 2.25. The molecule has 0 bridgehead atoms. The summed E-state index contributed by atoms with van der Waals surface area (Å²) in [4.78, 5) is 23.0. The molecule has 1 aliphatic rings. The van der Waals surface area contributed by atoms with Crippen LogP contribution in [0.1, 0.15) is 36.0 Å². The number of rotatable bonds is 2. The zero-order chi connectivity index (χ0) is 11.5. The molecule has 1 aromatic rings. The van der Waals surface area contributed by atoms with Crippen molar-refractivity contribution in [2.24, 2.45) is 5.92 Å². The van der Waals surface area contributed by atoms with Crippen LogP contribution in [0.2, 0.25) is 0 Å². The molecule has 0 saturated heterocycles. The van der Waals surface area contributed by atoms with Crippen LogP contribution in [-0.2, 0) is 4.79 Å². The van der Waals surface area contributed by atoms with Gasteiger partial charge in [0.1, 0.15) is 11.6 Å². The summed E-state index contributed by atoms with van der Waals surface area (Å²) in [5.74, 6) is -0.312. The van der Waals surface area contributed by atoms with E-state index in [1.165, 1.54) is 18.2 Å². The molecule has 0 amide bonds. The molecule has 0 unspecified atom stereocenters. The first kappa shape index (κ1) is 11.0. The zero-order valence-electron chi connectivity index (χ0n) is 8.91. The number of carbonyl (C=O) groups is 2. The molecule has 0 heterocycles. The van der Waals surface area contributed by atoms with Crippen molar-refractivity contribution < 1.29 is 14.0 Å². The molecule has 1 fully saturated rings. The van der Waals surface area contributed by atoms with Crippen molar-refractivity contribution in [2.75, 3.05) is 0 Å². The molecule has 2 rings (SSSR count). The van der Waals surface area contributed by atoms with E-state index < -0.39 is 5.82 Å². The molecule has 1 aliphatic carbocycles. The van der Waals surface area contributed by atoms with Crippen LogP contribution in [-0.4, -0.2) is 11.6 Å². The van der Waals surface area contributed by atoms with Crippen LogP contribution in [0, 0.1) is 11.7 Å². The number of ketones is 2. The minimum Gasteiger partial charge on any atom is -0.300 e. The number of carbonyl (C=O) groups excluding carboxylic acids is 2. The molecule has 0 N–H and O–H groups in total. The summed E-state index contributed by atoms with van der Waals surface area (Å²) in [5.41, 5.74) is 0.416. The average Bonchev–Trinajstić information content (AvgIpc) is 2.29. The van der Waals surface area contributed by atoms with Gasteiger partial charge in [-0.2, -0.15) is 0 Å². The molecule has 16 heavy (non-hydrogen) atoms. The van der Waals surface area contributed by atoms with Crippen molar-refractivity contribution in [2.45, 2.75) is 25.7 Å². The Labute approximate surface area is 93.5 Å². The summed E-state index contributed by atoms with van der Waals surface area (Å²) in [6.45, 7) is 0. The van der Waals surface area contributed by atoms with Gasteiger partial charge in [-0.25, -0.2) is 4.39 Å². The lowest BCUT2D eigenvalue weighted by molar-refractivity contribution is -0.120. The first-order valence-corrected chi connectivity index (χ1v) is 5.48. The Bertz CT molecular complexity index is 416. The second-order valence-electron chi connectivity index (χ2n) is 4.19. The van der Waals surface area contributed by atoms with E-state index in [2.05, 4.69) is 0 Å². The Hall–Kier alpha value is -1.51. The maximum Gasteiger partial charge on any atom is 0.166 e. The van der Waals surface area contributed by atoms with E-state index in [1.807, 2.05) is 0 Å². The number of benzene rings is 1. The van der Waals surface area contributed by atoms with Gasteiger partial charge in [0.2, 0.25) is 0 Å². The minimum absolute atomic E-state index is 0.0352. The van der Waals surface area contributed by atoms with Crippen LogP contribution < -0.4 is 0 Å². The van der Waals surface area contributed by atoms with Gasteiger partial charge in [0.15, 0.2) is 5.78 Å². The van der Waals surface area contributed by atoms with Crippen molar-refractivity contribution in [1.29, 1.82) is 0 Å². The van der Waals surface area contributed by atoms with Gasteiger partial charge >= 0.3 is 0 Å². The summed E-state index contributed by atoms with van der Waals surface area (Å²) < 4.78 is 13.0. The van der Waals surface area contributed by atoms with E-state index in [0.29, 0.717) is 31.2 Å². The average molecular weight is 220 g/mol. The number of halogens is 1. The molecule has 0 radical (unpaired) electrons. The largest absolute Gasteiger partial charge is 0.300 e. The highest BCUT2D eigenvalue weighted by molar-refractivity contribution is 5.98. The van der Waals surface area contributed by atoms with Gasteiger partial charge in [-0.3, -0.25) is 9.59 Å². The molecular weight excluding hydrogens is 207 g/mol. The summed E-state index contributed by atoms with van der Waals surface area (Å²) >= 11 is 0. The van der Waals surface area contributed by atoms with Crippen molar-refractivity contribution in [3.63, 3.8) is 0 Å². The lowest BCUT2D eigenvalue weighted by atomic mass is 9.83. The fraction of sp³-hybridized carbons (Fsp3) is 0.385. The van der Waals surface area contributed by atoms with Crippen molar-refractivity contribution in [3.8, 4) is 0 Å². The third-order valence-corrected chi connectivity index (χ3v) is 3.02. The molecule has 0 atom stereocenters. The van der Waals surface area contributed by atoms with Crippen LogP contribution in [0.25, 0.3) is 0 Å².